The molecule has 1 saturated heterocycles. The molecule has 1 aromatic heterocycles. The third-order valence-electron chi connectivity index (χ3n) is 2.79. The molecule has 2 heterocycles. The van der Waals surface area contributed by atoms with E-state index in [-0.39, 0.29) is 6.10 Å². The van der Waals surface area contributed by atoms with Crippen LogP contribution in [0.2, 0.25) is 0 Å². The number of carbonyl (C=O) groups is 1. The zero-order valence-corrected chi connectivity index (χ0v) is 11.4. The summed E-state index contributed by atoms with van der Waals surface area (Å²) in [5.41, 5.74) is -0.319. The van der Waals surface area contributed by atoms with Gasteiger partial charge < -0.3 is 9.84 Å². The average molecular weight is 273 g/mol. The molecule has 1 unspecified atom stereocenters. The van der Waals surface area contributed by atoms with Crippen LogP contribution in [0.3, 0.4) is 0 Å². The molecule has 2 rings (SSSR count). The molecule has 94 valence electrons. The molecule has 1 aromatic rings. The lowest BCUT2D eigenvalue weighted by Crippen LogP contribution is -2.29. The number of aromatic nitrogens is 1. The molecule has 1 atom stereocenters. The maximum Gasteiger partial charge on any atom is 0.315 e. The highest BCUT2D eigenvalue weighted by Crippen LogP contribution is 2.32. The number of carboxylic acid groups (broad SMARTS) is 1. The van der Waals surface area contributed by atoms with Crippen molar-refractivity contribution in [3.63, 3.8) is 0 Å². The van der Waals surface area contributed by atoms with E-state index in [0.717, 1.165) is 23.1 Å². The Bertz CT molecular complexity index is 411. The molecule has 0 aromatic carbocycles. The quantitative estimate of drug-likeness (QED) is 0.915. The molecule has 1 aliphatic rings. The van der Waals surface area contributed by atoms with Crippen LogP contribution in [0.5, 0.6) is 0 Å². The summed E-state index contributed by atoms with van der Waals surface area (Å²) in [5, 5.41) is 11.9. The standard InChI is InChI=1S/C11H15NO3S2/c1-11(2,10(13)14)8-6-17-9(12-8)7-5-16-4-3-15-7/h6-7H,3-5H2,1-2H3,(H,13,14). The van der Waals surface area contributed by atoms with Gasteiger partial charge in [0.1, 0.15) is 16.5 Å². The predicted octanol–water partition coefficient (Wildman–Crippen LogP) is 2.31. The number of aliphatic carboxylic acids is 1. The van der Waals surface area contributed by atoms with Crippen molar-refractivity contribution in [2.24, 2.45) is 0 Å². The molecule has 4 nitrogen and oxygen atoms in total. The van der Waals surface area contributed by atoms with E-state index in [1.807, 2.05) is 17.1 Å². The molecule has 0 amide bonds. The molecular formula is C11H15NO3S2. The Morgan fingerprint density at radius 2 is 2.41 bits per heavy atom. The second kappa shape index (κ2) is 4.96. The molecule has 0 spiro atoms. The number of hydrogen-bond acceptors (Lipinski definition) is 5. The summed E-state index contributed by atoms with van der Waals surface area (Å²) in [6.45, 7) is 4.09. The largest absolute Gasteiger partial charge is 0.481 e. The van der Waals surface area contributed by atoms with Crippen LogP contribution in [0, 0.1) is 0 Å². The lowest BCUT2D eigenvalue weighted by Gasteiger charge is -2.20. The number of rotatable bonds is 3. The van der Waals surface area contributed by atoms with E-state index in [0.29, 0.717) is 5.69 Å². The van der Waals surface area contributed by atoms with E-state index >= 15 is 0 Å². The Morgan fingerprint density at radius 1 is 1.65 bits per heavy atom. The maximum absolute atomic E-state index is 11.1. The fraction of sp³-hybridized carbons (Fsp3) is 0.636. The first-order chi connectivity index (χ1) is 8.01. The lowest BCUT2D eigenvalue weighted by atomic mass is 9.90. The van der Waals surface area contributed by atoms with Gasteiger partial charge in [-0.25, -0.2) is 4.98 Å². The van der Waals surface area contributed by atoms with Crippen molar-refractivity contribution in [3.8, 4) is 0 Å². The first-order valence-electron chi connectivity index (χ1n) is 5.40. The van der Waals surface area contributed by atoms with Gasteiger partial charge in [-0.2, -0.15) is 11.8 Å². The van der Waals surface area contributed by atoms with E-state index in [1.165, 1.54) is 11.3 Å². The van der Waals surface area contributed by atoms with Gasteiger partial charge in [-0.3, -0.25) is 4.79 Å². The fourth-order valence-electron chi connectivity index (χ4n) is 1.46. The lowest BCUT2D eigenvalue weighted by molar-refractivity contribution is -0.142. The number of thiazole rings is 1. The van der Waals surface area contributed by atoms with E-state index in [2.05, 4.69) is 4.98 Å². The number of nitrogens with zero attached hydrogens (tertiary/aromatic N) is 1. The van der Waals surface area contributed by atoms with Crippen molar-refractivity contribution in [2.75, 3.05) is 18.1 Å². The SMILES string of the molecule is CC(C)(C(=O)O)c1csc(C2CSCCO2)n1. The molecule has 17 heavy (non-hydrogen) atoms. The van der Waals surface area contributed by atoms with Crippen LogP contribution in [-0.4, -0.2) is 34.2 Å². The van der Waals surface area contributed by atoms with Gasteiger partial charge in [-0.15, -0.1) is 11.3 Å². The molecule has 1 aliphatic heterocycles. The predicted molar refractivity (Wildman–Crippen MR) is 68.8 cm³/mol. The van der Waals surface area contributed by atoms with Crippen LogP contribution in [0.1, 0.15) is 30.7 Å². The zero-order valence-electron chi connectivity index (χ0n) is 9.80. The highest BCUT2D eigenvalue weighted by Gasteiger charge is 2.33. The minimum absolute atomic E-state index is 0.0251. The van der Waals surface area contributed by atoms with E-state index in [9.17, 15) is 4.79 Å². The normalized spacial score (nSPS) is 21.4. The number of hydrogen-bond donors (Lipinski definition) is 1. The molecule has 0 radical (unpaired) electrons. The van der Waals surface area contributed by atoms with Crippen LogP contribution < -0.4 is 0 Å². The highest BCUT2D eigenvalue weighted by atomic mass is 32.2. The molecule has 6 heteroatoms. The van der Waals surface area contributed by atoms with Crippen molar-refractivity contribution >= 4 is 29.1 Å². The topological polar surface area (TPSA) is 59.4 Å². The highest BCUT2D eigenvalue weighted by molar-refractivity contribution is 7.99. The van der Waals surface area contributed by atoms with Gasteiger partial charge in [0.2, 0.25) is 0 Å². The average Bonchev–Trinajstić information content (AvgIpc) is 2.80. The summed E-state index contributed by atoms with van der Waals surface area (Å²) >= 11 is 3.33. The molecular weight excluding hydrogens is 258 g/mol. The van der Waals surface area contributed by atoms with Crippen molar-refractivity contribution in [1.29, 1.82) is 0 Å². The second-order valence-electron chi connectivity index (χ2n) is 4.44. The second-order valence-corrected chi connectivity index (χ2v) is 6.47. The molecule has 0 bridgehead atoms. The minimum Gasteiger partial charge on any atom is -0.481 e. The van der Waals surface area contributed by atoms with Crippen LogP contribution in [-0.2, 0) is 14.9 Å². The third-order valence-corrected chi connectivity index (χ3v) is 4.72. The number of ether oxygens (including phenoxy) is 1. The molecule has 0 aliphatic carbocycles. The number of thioether (sulfide) groups is 1. The van der Waals surface area contributed by atoms with Crippen LogP contribution in [0.25, 0.3) is 0 Å². The Labute approximate surface area is 108 Å². The van der Waals surface area contributed by atoms with Gasteiger partial charge in [0, 0.05) is 16.9 Å². The van der Waals surface area contributed by atoms with Crippen LogP contribution in [0.15, 0.2) is 5.38 Å². The molecule has 1 N–H and O–H groups in total. The van der Waals surface area contributed by atoms with Gasteiger partial charge in [-0.1, -0.05) is 0 Å². The Balaban J connectivity index is 2.17. The fourth-order valence-corrected chi connectivity index (χ4v) is 3.45. The summed E-state index contributed by atoms with van der Waals surface area (Å²) in [5.74, 6) is 1.07. The monoisotopic (exact) mass is 273 g/mol. The summed E-state index contributed by atoms with van der Waals surface area (Å²) in [4.78, 5) is 15.6. The first kappa shape index (κ1) is 12.9. The molecule has 0 saturated carbocycles. The molecule has 1 fully saturated rings. The van der Waals surface area contributed by atoms with Crippen molar-refractivity contribution in [3.05, 3.63) is 16.1 Å². The zero-order chi connectivity index (χ0) is 12.5. The van der Waals surface area contributed by atoms with Gasteiger partial charge in [0.15, 0.2) is 0 Å². The van der Waals surface area contributed by atoms with E-state index in [1.54, 1.807) is 13.8 Å². The van der Waals surface area contributed by atoms with Crippen LogP contribution in [0.4, 0.5) is 0 Å². The summed E-state index contributed by atoms with van der Waals surface area (Å²) in [6.07, 6.45) is 0.0251. The van der Waals surface area contributed by atoms with E-state index < -0.39 is 11.4 Å². The maximum atomic E-state index is 11.1. The van der Waals surface area contributed by atoms with Gasteiger partial charge in [0.25, 0.3) is 0 Å². The third kappa shape index (κ3) is 2.64. The van der Waals surface area contributed by atoms with E-state index in [4.69, 9.17) is 9.84 Å². The Hall–Kier alpha value is -0.590. The van der Waals surface area contributed by atoms with Gasteiger partial charge in [-0.05, 0) is 13.8 Å². The van der Waals surface area contributed by atoms with Gasteiger partial charge in [0.05, 0.1) is 12.3 Å². The minimum atomic E-state index is -0.934. The van der Waals surface area contributed by atoms with Crippen molar-refractivity contribution < 1.29 is 14.6 Å². The smallest absolute Gasteiger partial charge is 0.315 e. The summed E-state index contributed by atoms with van der Waals surface area (Å²) in [6, 6.07) is 0. The van der Waals surface area contributed by atoms with Gasteiger partial charge >= 0.3 is 5.97 Å². The van der Waals surface area contributed by atoms with Crippen molar-refractivity contribution in [2.45, 2.75) is 25.4 Å². The van der Waals surface area contributed by atoms with Crippen LogP contribution >= 0.6 is 23.1 Å². The Kier molecular flexibility index (Phi) is 3.75. The first-order valence-corrected chi connectivity index (χ1v) is 7.44. The number of carboxylic acids is 1. The van der Waals surface area contributed by atoms with Crippen molar-refractivity contribution in [1.82, 2.24) is 4.98 Å². The summed E-state index contributed by atoms with van der Waals surface area (Å²) in [7, 11) is 0. The summed E-state index contributed by atoms with van der Waals surface area (Å²) < 4.78 is 5.63. The Morgan fingerprint density at radius 3 is 3.00 bits per heavy atom.